The molecular formula is C19H30BNO4. The highest BCUT2D eigenvalue weighted by Gasteiger charge is 2.52. The molecule has 25 heavy (non-hydrogen) atoms. The van der Waals surface area contributed by atoms with Crippen LogP contribution in [0, 0.1) is 0 Å². The topological polar surface area (TPSA) is 51.2 Å². The lowest BCUT2D eigenvalue weighted by molar-refractivity contribution is 0.00578. The van der Waals surface area contributed by atoms with Crippen molar-refractivity contribution in [3.8, 4) is 5.75 Å². The molecule has 2 rings (SSSR count). The third-order valence-electron chi connectivity index (χ3n) is 4.78. The molecule has 1 aromatic carbocycles. The van der Waals surface area contributed by atoms with Gasteiger partial charge in [0, 0.05) is 6.54 Å². The van der Waals surface area contributed by atoms with Crippen LogP contribution in [0.2, 0.25) is 0 Å². The van der Waals surface area contributed by atoms with Crippen LogP contribution in [-0.2, 0) is 9.31 Å². The van der Waals surface area contributed by atoms with Crippen molar-refractivity contribution < 1.29 is 19.2 Å². The maximum atomic E-state index is 9.75. The molecule has 1 aliphatic heterocycles. The van der Waals surface area contributed by atoms with Gasteiger partial charge in [-0.1, -0.05) is 18.2 Å². The van der Waals surface area contributed by atoms with Crippen LogP contribution in [0.15, 0.2) is 29.7 Å². The van der Waals surface area contributed by atoms with E-state index in [0.29, 0.717) is 12.1 Å². The SMILES string of the molecule is CN(C)CCOc1ccc(C=C(CO)B2OC(C)(C)C(C)(C)O2)cc1. The second-order valence-corrected chi connectivity index (χ2v) is 7.69. The van der Waals surface area contributed by atoms with Gasteiger partial charge in [0.25, 0.3) is 0 Å². The predicted octanol–water partition coefficient (Wildman–Crippen LogP) is 2.63. The molecule has 1 aromatic rings. The molecule has 0 bridgehead atoms. The van der Waals surface area contributed by atoms with Crippen LogP contribution in [-0.4, -0.2) is 62.2 Å². The van der Waals surface area contributed by atoms with Crippen LogP contribution in [0.5, 0.6) is 5.75 Å². The van der Waals surface area contributed by atoms with E-state index in [1.807, 2.05) is 72.1 Å². The second kappa shape index (κ2) is 7.91. The number of rotatable bonds is 7. The first kappa shape index (κ1) is 20.0. The number of aliphatic hydroxyl groups excluding tert-OH is 1. The fraction of sp³-hybridized carbons (Fsp3) is 0.579. The quantitative estimate of drug-likeness (QED) is 0.769. The standard InChI is InChI=1S/C19H30BNO4/c1-18(2)19(3,4)25-20(24-18)16(14-22)13-15-7-9-17(10-8-15)23-12-11-21(5)6/h7-10,13,22H,11-12,14H2,1-6H3. The summed E-state index contributed by atoms with van der Waals surface area (Å²) in [6.07, 6.45) is 1.91. The molecule has 0 radical (unpaired) electrons. The van der Waals surface area contributed by atoms with Crippen LogP contribution in [0.25, 0.3) is 6.08 Å². The Kier molecular flexibility index (Phi) is 6.33. The number of ether oxygens (including phenoxy) is 1. The minimum absolute atomic E-state index is 0.113. The summed E-state index contributed by atoms with van der Waals surface area (Å²) in [4.78, 5) is 2.08. The third-order valence-corrected chi connectivity index (χ3v) is 4.78. The van der Waals surface area contributed by atoms with E-state index in [0.717, 1.165) is 17.9 Å². The molecule has 1 aliphatic rings. The van der Waals surface area contributed by atoms with Crippen LogP contribution >= 0.6 is 0 Å². The monoisotopic (exact) mass is 347 g/mol. The average Bonchev–Trinajstić information content (AvgIpc) is 2.74. The maximum Gasteiger partial charge on any atom is 0.492 e. The lowest BCUT2D eigenvalue weighted by Crippen LogP contribution is -2.41. The van der Waals surface area contributed by atoms with Gasteiger partial charge in [0.15, 0.2) is 0 Å². The largest absolute Gasteiger partial charge is 0.492 e. The minimum Gasteiger partial charge on any atom is -0.492 e. The van der Waals surface area contributed by atoms with Crippen molar-refractivity contribution in [2.75, 3.05) is 33.9 Å². The number of hydrogen-bond acceptors (Lipinski definition) is 5. The summed E-state index contributed by atoms with van der Waals surface area (Å²) in [6, 6.07) is 7.79. The lowest BCUT2D eigenvalue weighted by atomic mass is 9.77. The highest BCUT2D eigenvalue weighted by molar-refractivity contribution is 6.55. The van der Waals surface area contributed by atoms with Crippen molar-refractivity contribution in [1.29, 1.82) is 0 Å². The Morgan fingerprint density at radius 1 is 1.12 bits per heavy atom. The maximum absolute atomic E-state index is 9.75. The number of aliphatic hydroxyl groups is 1. The molecule has 0 aliphatic carbocycles. The summed E-state index contributed by atoms with van der Waals surface area (Å²) >= 11 is 0. The Morgan fingerprint density at radius 2 is 1.68 bits per heavy atom. The summed E-state index contributed by atoms with van der Waals surface area (Å²) in [5.41, 5.74) is 0.838. The van der Waals surface area contributed by atoms with Gasteiger partial charge in [0.2, 0.25) is 0 Å². The van der Waals surface area contributed by atoms with Gasteiger partial charge in [-0.05, 0) is 65.0 Å². The van der Waals surface area contributed by atoms with Crippen LogP contribution in [0.3, 0.4) is 0 Å². The van der Waals surface area contributed by atoms with Gasteiger partial charge in [-0.25, -0.2) is 0 Å². The molecule has 1 N–H and O–H groups in total. The van der Waals surface area contributed by atoms with Crippen molar-refractivity contribution in [3.63, 3.8) is 0 Å². The first-order valence-corrected chi connectivity index (χ1v) is 8.69. The normalized spacial score (nSPS) is 19.5. The van der Waals surface area contributed by atoms with E-state index in [-0.39, 0.29) is 6.61 Å². The predicted molar refractivity (Wildman–Crippen MR) is 102 cm³/mol. The van der Waals surface area contributed by atoms with E-state index in [4.69, 9.17) is 14.0 Å². The summed E-state index contributed by atoms with van der Waals surface area (Å²) in [5.74, 6) is 0.834. The Balaban J connectivity index is 2.05. The Bertz CT molecular complexity index is 580. The Labute approximate surface area is 151 Å². The van der Waals surface area contributed by atoms with Gasteiger partial charge in [0.05, 0.1) is 17.8 Å². The van der Waals surface area contributed by atoms with Gasteiger partial charge in [-0.2, -0.15) is 0 Å². The molecule has 1 heterocycles. The number of benzene rings is 1. The zero-order chi connectivity index (χ0) is 18.7. The van der Waals surface area contributed by atoms with Gasteiger partial charge >= 0.3 is 7.12 Å². The Hall–Kier alpha value is -1.34. The van der Waals surface area contributed by atoms with E-state index < -0.39 is 18.3 Å². The minimum atomic E-state index is -0.536. The molecule has 0 unspecified atom stereocenters. The Morgan fingerprint density at radius 3 is 2.16 bits per heavy atom. The molecular weight excluding hydrogens is 317 g/mol. The molecule has 1 saturated heterocycles. The average molecular weight is 347 g/mol. The molecule has 0 amide bonds. The zero-order valence-corrected chi connectivity index (χ0v) is 16.2. The molecule has 0 aromatic heterocycles. The summed E-state index contributed by atoms with van der Waals surface area (Å²) in [6.45, 7) is 9.42. The van der Waals surface area contributed by atoms with E-state index in [1.165, 1.54) is 0 Å². The third kappa shape index (κ3) is 5.08. The summed E-state index contributed by atoms with van der Waals surface area (Å²) in [7, 11) is 3.50. The van der Waals surface area contributed by atoms with Crippen molar-refractivity contribution in [1.82, 2.24) is 4.90 Å². The van der Waals surface area contributed by atoms with Crippen LogP contribution in [0.1, 0.15) is 33.3 Å². The van der Waals surface area contributed by atoms with Gasteiger partial charge < -0.3 is 24.1 Å². The molecule has 6 heteroatoms. The van der Waals surface area contributed by atoms with E-state index in [2.05, 4.69) is 4.90 Å². The zero-order valence-electron chi connectivity index (χ0n) is 16.2. The molecule has 0 spiro atoms. The smallest absolute Gasteiger partial charge is 0.492 e. The molecule has 138 valence electrons. The van der Waals surface area contributed by atoms with Gasteiger partial charge in [-0.3, -0.25) is 0 Å². The van der Waals surface area contributed by atoms with Gasteiger partial charge in [0.1, 0.15) is 12.4 Å². The first-order chi connectivity index (χ1) is 11.6. The fourth-order valence-electron chi connectivity index (χ4n) is 2.40. The molecule has 1 fully saturated rings. The lowest BCUT2D eigenvalue weighted by Gasteiger charge is -2.32. The number of hydrogen-bond donors (Lipinski definition) is 1. The first-order valence-electron chi connectivity index (χ1n) is 8.69. The summed E-state index contributed by atoms with van der Waals surface area (Å²) in [5, 5.41) is 9.75. The van der Waals surface area contributed by atoms with E-state index in [1.54, 1.807) is 0 Å². The molecule has 0 atom stereocenters. The van der Waals surface area contributed by atoms with Gasteiger partial charge in [-0.15, -0.1) is 0 Å². The van der Waals surface area contributed by atoms with E-state index >= 15 is 0 Å². The van der Waals surface area contributed by atoms with Crippen LogP contribution < -0.4 is 4.74 Å². The molecule has 5 nitrogen and oxygen atoms in total. The van der Waals surface area contributed by atoms with Crippen molar-refractivity contribution >= 4 is 13.2 Å². The van der Waals surface area contributed by atoms with Crippen molar-refractivity contribution in [3.05, 3.63) is 35.3 Å². The summed E-state index contributed by atoms with van der Waals surface area (Å²) < 4.78 is 17.7. The second-order valence-electron chi connectivity index (χ2n) is 7.69. The number of likely N-dealkylation sites (N-methyl/N-ethyl adjacent to an activating group) is 1. The van der Waals surface area contributed by atoms with Crippen molar-refractivity contribution in [2.24, 2.45) is 0 Å². The molecule has 0 saturated carbocycles. The van der Waals surface area contributed by atoms with E-state index in [9.17, 15) is 5.11 Å². The highest BCUT2D eigenvalue weighted by Crippen LogP contribution is 2.38. The van der Waals surface area contributed by atoms with Crippen molar-refractivity contribution in [2.45, 2.75) is 38.9 Å². The van der Waals surface area contributed by atoms with Crippen LogP contribution in [0.4, 0.5) is 0 Å². The fourth-order valence-corrected chi connectivity index (χ4v) is 2.40. The number of nitrogens with zero attached hydrogens (tertiary/aromatic N) is 1. The highest BCUT2D eigenvalue weighted by atomic mass is 16.7.